The predicted octanol–water partition coefficient (Wildman–Crippen LogP) is 3.36. The molecule has 0 saturated carbocycles. The number of rotatable bonds is 2. The van der Waals surface area contributed by atoms with Gasteiger partial charge in [0.1, 0.15) is 5.15 Å². The first-order valence-electron chi connectivity index (χ1n) is 4.86. The van der Waals surface area contributed by atoms with Gasteiger partial charge in [0, 0.05) is 5.56 Å². The summed E-state index contributed by atoms with van der Waals surface area (Å²) < 4.78 is 0. The number of hydrogen-bond acceptors (Lipinski definition) is 2. The molecule has 76 valence electrons. The summed E-state index contributed by atoms with van der Waals surface area (Å²) in [6.45, 7) is 2.13. The van der Waals surface area contributed by atoms with Crippen LogP contribution in [0.3, 0.4) is 0 Å². The molecule has 0 aliphatic carbocycles. The van der Waals surface area contributed by atoms with Crippen molar-refractivity contribution in [3.05, 3.63) is 47.4 Å². The van der Waals surface area contributed by atoms with Gasteiger partial charge in [-0.2, -0.15) is 0 Å². The number of nitrogens with zero attached hydrogens (tertiary/aromatic N) is 2. The second kappa shape index (κ2) is 4.41. The molecule has 3 heteroatoms. The van der Waals surface area contributed by atoms with Crippen LogP contribution in [0.2, 0.25) is 5.15 Å². The molecule has 0 unspecified atom stereocenters. The summed E-state index contributed by atoms with van der Waals surface area (Å²) in [6, 6.07) is 8.25. The van der Waals surface area contributed by atoms with E-state index in [1.807, 2.05) is 12.1 Å². The molecule has 1 aromatic heterocycles. The van der Waals surface area contributed by atoms with Gasteiger partial charge in [0.15, 0.2) is 0 Å². The van der Waals surface area contributed by atoms with Gasteiger partial charge >= 0.3 is 0 Å². The predicted molar refractivity (Wildman–Crippen MR) is 61.9 cm³/mol. The molecular formula is C12H11ClN2. The SMILES string of the molecule is CCc1cccc(-c2cncc(Cl)n2)c1. The smallest absolute Gasteiger partial charge is 0.148 e. The quantitative estimate of drug-likeness (QED) is 0.773. The van der Waals surface area contributed by atoms with E-state index < -0.39 is 0 Å². The van der Waals surface area contributed by atoms with Crippen molar-refractivity contribution < 1.29 is 0 Å². The Morgan fingerprint density at radius 1 is 1.27 bits per heavy atom. The Morgan fingerprint density at radius 2 is 2.13 bits per heavy atom. The molecule has 1 aromatic carbocycles. The van der Waals surface area contributed by atoms with Crippen molar-refractivity contribution in [1.82, 2.24) is 9.97 Å². The van der Waals surface area contributed by atoms with Crippen molar-refractivity contribution in [2.24, 2.45) is 0 Å². The molecular weight excluding hydrogens is 208 g/mol. The molecule has 0 saturated heterocycles. The zero-order valence-electron chi connectivity index (χ0n) is 8.44. The average Bonchev–Trinajstić information content (AvgIpc) is 2.29. The Balaban J connectivity index is 2.44. The van der Waals surface area contributed by atoms with Crippen LogP contribution in [-0.2, 0) is 6.42 Å². The van der Waals surface area contributed by atoms with Crippen molar-refractivity contribution in [2.75, 3.05) is 0 Å². The van der Waals surface area contributed by atoms with Crippen molar-refractivity contribution in [3.63, 3.8) is 0 Å². The highest BCUT2D eigenvalue weighted by molar-refractivity contribution is 6.29. The number of halogens is 1. The van der Waals surface area contributed by atoms with Gasteiger partial charge in [0.2, 0.25) is 0 Å². The second-order valence-corrected chi connectivity index (χ2v) is 3.67. The van der Waals surface area contributed by atoms with Crippen molar-refractivity contribution in [2.45, 2.75) is 13.3 Å². The van der Waals surface area contributed by atoms with Crippen molar-refractivity contribution in [1.29, 1.82) is 0 Å². The lowest BCUT2D eigenvalue weighted by Crippen LogP contribution is -1.87. The van der Waals surface area contributed by atoms with E-state index in [-0.39, 0.29) is 0 Å². The summed E-state index contributed by atoms with van der Waals surface area (Å²) in [5.41, 5.74) is 3.16. The highest BCUT2D eigenvalue weighted by Crippen LogP contribution is 2.19. The third kappa shape index (κ3) is 2.34. The van der Waals surface area contributed by atoms with Gasteiger partial charge in [-0.3, -0.25) is 4.98 Å². The molecule has 15 heavy (non-hydrogen) atoms. The lowest BCUT2D eigenvalue weighted by atomic mass is 10.1. The lowest BCUT2D eigenvalue weighted by Gasteiger charge is -2.02. The molecule has 0 N–H and O–H groups in total. The minimum Gasteiger partial charge on any atom is -0.259 e. The van der Waals surface area contributed by atoms with Crippen LogP contribution in [0.5, 0.6) is 0 Å². The van der Waals surface area contributed by atoms with E-state index in [0.717, 1.165) is 17.7 Å². The van der Waals surface area contributed by atoms with Crippen LogP contribution in [-0.4, -0.2) is 9.97 Å². The Morgan fingerprint density at radius 3 is 2.87 bits per heavy atom. The molecule has 0 spiro atoms. The van der Waals surface area contributed by atoms with Crippen LogP contribution in [0.1, 0.15) is 12.5 Å². The van der Waals surface area contributed by atoms with Gasteiger partial charge in [-0.25, -0.2) is 4.98 Å². The van der Waals surface area contributed by atoms with Crippen molar-refractivity contribution >= 4 is 11.6 Å². The van der Waals surface area contributed by atoms with Crippen LogP contribution >= 0.6 is 11.6 Å². The summed E-state index contributed by atoms with van der Waals surface area (Å²) >= 11 is 5.79. The van der Waals surface area contributed by atoms with E-state index in [9.17, 15) is 0 Å². The molecule has 0 aliphatic heterocycles. The summed E-state index contributed by atoms with van der Waals surface area (Å²) in [5, 5.41) is 0.425. The Kier molecular flexibility index (Phi) is 2.97. The molecule has 0 atom stereocenters. The minimum atomic E-state index is 0.425. The van der Waals surface area contributed by atoms with Gasteiger partial charge in [0.25, 0.3) is 0 Å². The zero-order chi connectivity index (χ0) is 10.7. The lowest BCUT2D eigenvalue weighted by molar-refractivity contribution is 1.14. The molecule has 2 nitrogen and oxygen atoms in total. The topological polar surface area (TPSA) is 25.8 Å². The van der Waals surface area contributed by atoms with E-state index in [0.29, 0.717) is 5.15 Å². The van der Waals surface area contributed by atoms with Crippen LogP contribution in [0.4, 0.5) is 0 Å². The normalized spacial score (nSPS) is 10.3. The van der Waals surface area contributed by atoms with Crippen LogP contribution in [0.25, 0.3) is 11.3 Å². The average molecular weight is 219 g/mol. The van der Waals surface area contributed by atoms with Crippen LogP contribution in [0, 0.1) is 0 Å². The zero-order valence-corrected chi connectivity index (χ0v) is 9.20. The minimum absolute atomic E-state index is 0.425. The molecule has 2 aromatic rings. The van der Waals surface area contributed by atoms with E-state index >= 15 is 0 Å². The molecule has 0 fully saturated rings. The molecule has 0 radical (unpaired) electrons. The summed E-state index contributed by atoms with van der Waals surface area (Å²) in [4.78, 5) is 8.24. The van der Waals surface area contributed by atoms with Crippen LogP contribution in [0.15, 0.2) is 36.7 Å². The van der Waals surface area contributed by atoms with E-state index in [1.54, 1.807) is 6.20 Å². The van der Waals surface area contributed by atoms with E-state index in [1.165, 1.54) is 11.8 Å². The van der Waals surface area contributed by atoms with E-state index in [2.05, 4.69) is 29.0 Å². The number of aromatic nitrogens is 2. The van der Waals surface area contributed by atoms with Gasteiger partial charge in [-0.15, -0.1) is 0 Å². The fraction of sp³-hybridized carbons (Fsp3) is 0.167. The van der Waals surface area contributed by atoms with Crippen molar-refractivity contribution in [3.8, 4) is 11.3 Å². The summed E-state index contributed by atoms with van der Waals surface area (Å²) in [7, 11) is 0. The highest BCUT2D eigenvalue weighted by atomic mass is 35.5. The summed E-state index contributed by atoms with van der Waals surface area (Å²) in [6.07, 6.45) is 4.28. The standard InChI is InChI=1S/C12H11ClN2/c1-2-9-4-3-5-10(6-9)11-7-14-8-12(13)15-11/h3-8H,2H2,1H3. The molecule has 0 amide bonds. The second-order valence-electron chi connectivity index (χ2n) is 3.28. The first-order chi connectivity index (χ1) is 7.29. The maximum absolute atomic E-state index is 5.79. The monoisotopic (exact) mass is 218 g/mol. The number of hydrogen-bond donors (Lipinski definition) is 0. The molecule has 0 bridgehead atoms. The summed E-state index contributed by atoms with van der Waals surface area (Å²) in [5.74, 6) is 0. The largest absolute Gasteiger partial charge is 0.259 e. The Bertz CT molecular complexity index is 469. The first kappa shape index (κ1) is 10.1. The third-order valence-corrected chi connectivity index (χ3v) is 2.42. The fourth-order valence-electron chi connectivity index (χ4n) is 1.43. The number of benzene rings is 1. The highest BCUT2D eigenvalue weighted by Gasteiger charge is 2.01. The third-order valence-electron chi connectivity index (χ3n) is 2.24. The Labute approximate surface area is 94.0 Å². The van der Waals surface area contributed by atoms with Gasteiger partial charge < -0.3 is 0 Å². The molecule has 0 aliphatic rings. The van der Waals surface area contributed by atoms with Gasteiger partial charge in [-0.05, 0) is 18.1 Å². The van der Waals surface area contributed by atoms with E-state index in [4.69, 9.17) is 11.6 Å². The van der Waals surface area contributed by atoms with Gasteiger partial charge in [-0.1, -0.05) is 36.7 Å². The molecule has 2 rings (SSSR count). The fourth-order valence-corrected chi connectivity index (χ4v) is 1.58. The van der Waals surface area contributed by atoms with Gasteiger partial charge in [0.05, 0.1) is 18.1 Å². The first-order valence-corrected chi connectivity index (χ1v) is 5.24. The maximum Gasteiger partial charge on any atom is 0.148 e. The number of aryl methyl sites for hydroxylation is 1. The molecule has 1 heterocycles. The maximum atomic E-state index is 5.79. The van der Waals surface area contributed by atoms with Crippen LogP contribution < -0.4 is 0 Å². The Hall–Kier alpha value is -1.41.